The van der Waals surface area contributed by atoms with E-state index in [1.165, 1.54) is 27.1 Å². The molecule has 2 aliphatic heterocycles. The average Bonchev–Trinajstić information content (AvgIpc) is 3.11. The van der Waals surface area contributed by atoms with Crippen molar-refractivity contribution in [2.45, 2.75) is 11.4 Å². The molecule has 3 aromatic rings. The lowest BCUT2D eigenvalue weighted by Gasteiger charge is -2.34. The van der Waals surface area contributed by atoms with Gasteiger partial charge in [-0.15, -0.1) is 0 Å². The SMILES string of the molecule is O=C1C(Sc2ccc(Cl)cc2)=C(N2CC[NH+](Cc3ccccc3)CC2)C(=O)N1c1ccccc1. The number of para-hydroxylation sites is 1. The van der Waals surface area contributed by atoms with Gasteiger partial charge in [0.05, 0.1) is 31.9 Å². The van der Waals surface area contributed by atoms with Crippen LogP contribution in [0.4, 0.5) is 5.69 Å². The summed E-state index contributed by atoms with van der Waals surface area (Å²) >= 11 is 7.38. The van der Waals surface area contributed by atoms with Crippen molar-refractivity contribution in [3.63, 3.8) is 0 Å². The van der Waals surface area contributed by atoms with Crippen LogP contribution < -0.4 is 9.80 Å². The number of amides is 2. The number of hydrogen-bond acceptors (Lipinski definition) is 4. The fourth-order valence-electron chi connectivity index (χ4n) is 4.41. The van der Waals surface area contributed by atoms with E-state index in [0.717, 1.165) is 37.6 Å². The summed E-state index contributed by atoms with van der Waals surface area (Å²) in [5.74, 6) is -0.524. The number of rotatable bonds is 6. The molecule has 0 aromatic heterocycles. The number of thioether (sulfide) groups is 1. The molecule has 3 aromatic carbocycles. The molecule has 5 nitrogen and oxygen atoms in total. The van der Waals surface area contributed by atoms with Crippen LogP contribution >= 0.6 is 23.4 Å². The highest BCUT2D eigenvalue weighted by Crippen LogP contribution is 2.38. The number of carbonyl (C=O) groups is 2. The highest BCUT2D eigenvalue weighted by molar-refractivity contribution is 8.04. The van der Waals surface area contributed by atoms with E-state index in [9.17, 15) is 9.59 Å². The number of imide groups is 1. The van der Waals surface area contributed by atoms with E-state index in [1.54, 1.807) is 24.3 Å². The maximum atomic E-state index is 13.6. The Morgan fingerprint density at radius 3 is 2.06 bits per heavy atom. The Hall–Kier alpha value is -3.06. The number of carbonyl (C=O) groups excluding carboxylic acids is 2. The summed E-state index contributed by atoms with van der Waals surface area (Å²) in [5, 5.41) is 0.635. The lowest BCUT2D eigenvalue weighted by molar-refractivity contribution is -0.917. The minimum Gasteiger partial charge on any atom is -0.355 e. The number of anilines is 1. The molecule has 34 heavy (non-hydrogen) atoms. The van der Waals surface area contributed by atoms with Crippen LogP contribution in [0.1, 0.15) is 5.56 Å². The van der Waals surface area contributed by atoms with Gasteiger partial charge in [0.25, 0.3) is 11.8 Å². The Morgan fingerprint density at radius 2 is 1.41 bits per heavy atom. The fourth-order valence-corrected chi connectivity index (χ4v) is 5.53. The van der Waals surface area contributed by atoms with E-state index in [2.05, 4.69) is 29.2 Å². The quantitative estimate of drug-likeness (QED) is 0.536. The molecule has 0 aliphatic carbocycles. The van der Waals surface area contributed by atoms with Crippen LogP contribution in [0, 0.1) is 0 Å². The number of quaternary nitrogens is 1. The summed E-state index contributed by atoms with van der Waals surface area (Å²) in [4.78, 5) is 33.3. The molecule has 0 radical (unpaired) electrons. The first-order valence-corrected chi connectivity index (χ1v) is 12.5. The second kappa shape index (κ2) is 10.1. The molecule has 0 bridgehead atoms. The van der Waals surface area contributed by atoms with Gasteiger partial charge >= 0.3 is 0 Å². The maximum absolute atomic E-state index is 13.6. The smallest absolute Gasteiger partial charge is 0.283 e. The van der Waals surface area contributed by atoms with Crippen molar-refractivity contribution in [2.75, 3.05) is 31.1 Å². The topological polar surface area (TPSA) is 45.1 Å². The molecule has 0 saturated carbocycles. The van der Waals surface area contributed by atoms with Gasteiger partial charge in [-0.25, -0.2) is 4.90 Å². The summed E-state index contributed by atoms with van der Waals surface area (Å²) < 4.78 is 0. The van der Waals surface area contributed by atoms with Crippen LogP contribution in [0.3, 0.4) is 0 Å². The Bertz CT molecular complexity index is 1210. The van der Waals surface area contributed by atoms with Gasteiger partial charge in [-0.3, -0.25) is 9.59 Å². The molecular formula is C27H25ClN3O2S+. The molecule has 1 saturated heterocycles. The van der Waals surface area contributed by atoms with Crippen molar-refractivity contribution in [2.24, 2.45) is 0 Å². The number of hydrogen-bond donors (Lipinski definition) is 1. The molecule has 0 spiro atoms. The molecule has 0 atom stereocenters. The molecular weight excluding hydrogens is 466 g/mol. The molecule has 2 heterocycles. The van der Waals surface area contributed by atoms with Crippen molar-refractivity contribution in [1.29, 1.82) is 0 Å². The Balaban J connectivity index is 1.40. The van der Waals surface area contributed by atoms with Crippen LogP contribution in [-0.4, -0.2) is 42.9 Å². The van der Waals surface area contributed by atoms with Crippen LogP contribution in [0.2, 0.25) is 5.02 Å². The van der Waals surface area contributed by atoms with Crippen molar-refractivity contribution in [3.8, 4) is 0 Å². The summed E-state index contributed by atoms with van der Waals surface area (Å²) in [7, 11) is 0. The molecule has 1 N–H and O–H groups in total. The number of nitrogens with zero attached hydrogens (tertiary/aromatic N) is 2. The summed E-state index contributed by atoms with van der Waals surface area (Å²) in [6, 6.07) is 27.0. The van der Waals surface area contributed by atoms with Gasteiger partial charge in [0, 0.05) is 15.5 Å². The largest absolute Gasteiger partial charge is 0.355 e. The first-order chi connectivity index (χ1) is 16.6. The minimum atomic E-state index is -0.273. The lowest BCUT2D eigenvalue weighted by Crippen LogP contribution is -3.13. The molecule has 7 heteroatoms. The number of benzene rings is 3. The first-order valence-electron chi connectivity index (χ1n) is 11.3. The average molecular weight is 491 g/mol. The van der Waals surface area contributed by atoms with E-state index in [-0.39, 0.29) is 11.8 Å². The Kier molecular flexibility index (Phi) is 6.72. The Morgan fingerprint density at radius 1 is 0.794 bits per heavy atom. The van der Waals surface area contributed by atoms with E-state index < -0.39 is 0 Å². The number of halogens is 1. The predicted molar refractivity (Wildman–Crippen MR) is 136 cm³/mol. The molecule has 5 rings (SSSR count). The molecule has 1 fully saturated rings. The molecule has 172 valence electrons. The van der Waals surface area contributed by atoms with Crippen LogP contribution in [-0.2, 0) is 16.1 Å². The van der Waals surface area contributed by atoms with Crippen LogP contribution in [0.5, 0.6) is 0 Å². The third-order valence-electron chi connectivity index (χ3n) is 6.15. The predicted octanol–water partition coefficient (Wildman–Crippen LogP) is 3.62. The maximum Gasteiger partial charge on any atom is 0.283 e. The standard InChI is InChI=1S/C27H24ClN3O2S/c28-21-11-13-23(14-12-21)34-25-24(26(32)31(27(25)33)22-9-5-2-6-10-22)30-17-15-29(16-18-30)19-20-7-3-1-4-8-20/h1-14H,15-19H2/p+1. The second-order valence-electron chi connectivity index (χ2n) is 8.41. The van der Waals surface area contributed by atoms with Crippen LogP contribution in [0.15, 0.2) is 100 Å². The summed E-state index contributed by atoms with van der Waals surface area (Å²) in [5.41, 5.74) is 2.41. The zero-order valence-corrected chi connectivity index (χ0v) is 20.2. The van der Waals surface area contributed by atoms with Gasteiger partial charge in [-0.2, -0.15) is 0 Å². The van der Waals surface area contributed by atoms with E-state index in [1.807, 2.05) is 36.4 Å². The fraction of sp³-hybridized carbons (Fsp3) is 0.185. The normalized spacial score (nSPS) is 17.1. The van der Waals surface area contributed by atoms with E-state index >= 15 is 0 Å². The van der Waals surface area contributed by atoms with Gasteiger partial charge in [-0.05, 0) is 36.4 Å². The van der Waals surface area contributed by atoms with Gasteiger partial charge in [0.15, 0.2) is 0 Å². The molecule has 0 unspecified atom stereocenters. The Labute approximate surface area is 208 Å². The highest BCUT2D eigenvalue weighted by Gasteiger charge is 2.43. The lowest BCUT2D eigenvalue weighted by atomic mass is 10.2. The number of nitrogens with one attached hydrogen (secondary N) is 1. The summed E-state index contributed by atoms with van der Waals surface area (Å²) in [6.07, 6.45) is 0. The van der Waals surface area contributed by atoms with E-state index in [4.69, 9.17) is 11.6 Å². The van der Waals surface area contributed by atoms with Gasteiger partial charge in [0.2, 0.25) is 0 Å². The minimum absolute atomic E-state index is 0.251. The highest BCUT2D eigenvalue weighted by atomic mass is 35.5. The molecule has 2 amide bonds. The third-order valence-corrected chi connectivity index (χ3v) is 7.48. The van der Waals surface area contributed by atoms with Gasteiger partial charge in [-0.1, -0.05) is 71.9 Å². The van der Waals surface area contributed by atoms with Crippen molar-refractivity contribution in [1.82, 2.24) is 4.90 Å². The van der Waals surface area contributed by atoms with Crippen molar-refractivity contribution >= 4 is 40.9 Å². The van der Waals surface area contributed by atoms with Gasteiger partial charge in [0.1, 0.15) is 17.1 Å². The summed E-state index contributed by atoms with van der Waals surface area (Å²) in [6.45, 7) is 4.23. The van der Waals surface area contributed by atoms with E-state index in [0.29, 0.717) is 21.3 Å². The first kappa shape index (κ1) is 22.7. The molecule has 2 aliphatic rings. The van der Waals surface area contributed by atoms with Gasteiger partial charge < -0.3 is 9.80 Å². The zero-order valence-electron chi connectivity index (χ0n) is 18.6. The van der Waals surface area contributed by atoms with Crippen LogP contribution in [0.25, 0.3) is 0 Å². The van der Waals surface area contributed by atoms with Crippen molar-refractivity contribution < 1.29 is 14.5 Å². The number of piperazine rings is 1. The zero-order chi connectivity index (χ0) is 23.5. The second-order valence-corrected chi connectivity index (χ2v) is 9.93. The monoisotopic (exact) mass is 490 g/mol. The third kappa shape index (κ3) is 4.75. The van der Waals surface area contributed by atoms with Crippen molar-refractivity contribution in [3.05, 3.63) is 106 Å².